The van der Waals surface area contributed by atoms with E-state index >= 15 is 0 Å². The Bertz CT molecular complexity index is 952. The molecule has 0 radical (unpaired) electrons. The zero-order valence-corrected chi connectivity index (χ0v) is 16.2. The van der Waals surface area contributed by atoms with E-state index in [1.807, 2.05) is 0 Å². The number of hydrogen-bond donors (Lipinski definition) is 3. The van der Waals surface area contributed by atoms with Crippen molar-refractivity contribution in [3.05, 3.63) is 32.4 Å². The van der Waals surface area contributed by atoms with E-state index in [0.717, 1.165) is 29.2 Å². The second-order valence-electron chi connectivity index (χ2n) is 5.06. The molecule has 0 aliphatic rings. The van der Waals surface area contributed by atoms with Crippen molar-refractivity contribution in [2.45, 2.75) is 12.1 Å². The SMILES string of the molecule is COC(=O)c1sc(NC(=O)CSc2nc(N)cc(=O)[nH]2)c(C(=O)OC)c1C. The molecule has 0 saturated heterocycles. The Kier molecular flexibility index (Phi) is 6.58. The number of nitrogens with zero attached hydrogens (tertiary/aromatic N) is 1. The molecule has 4 N–H and O–H groups in total. The average Bonchev–Trinajstić information content (AvgIpc) is 2.94. The number of carbonyl (C=O) groups excluding carboxylic acids is 3. The summed E-state index contributed by atoms with van der Waals surface area (Å²) in [6.07, 6.45) is 0. The first-order valence-corrected chi connectivity index (χ1v) is 9.16. The van der Waals surface area contributed by atoms with Crippen LogP contribution in [0, 0.1) is 6.92 Å². The number of amides is 1. The van der Waals surface area contributed by atoms with Crippen LogP contribution in [0.15, 0.2) is 16.0 Å². The fourth-order valence-electron chi connectivity index (χ4n) is 2.06. The number of esters is 2. The van der Waals surface area contributed by atoms with Gasteiger partial charge in [-0.15, -0.1) is 11.3 Å². The van der Waals surface area contributed by atoms with Crippen LogP contribution in [0.3, 0.4) is 0 Å². The van der Waals surface area contributed by atoms with E-state index in [1.54, 1.807) is 6.92 Å². The van der Waals surface area contributed by atoms with Crippen molar-refractivity contribution in [3.8, 4) is 0 Å². The number of aromatic nitrogens is 2. The zero-order chi connectivity index (χ0) is 20.1. The number of aromatic amines is 1. The van der Waals surface area contributed by atoms with Crippen LogP contribution in [-0.4, -0.2) is 47.8 Å². The molecule has 0 aromatic carbocycles. The normalized spacial score (nSPS) is 10.3. The number of ether oxygens (including phenoxy) is 2. The lowest BCUT2D eigenvalue weighted by Crippen LogP contribution is -2.17. The maximum absolute atomic E-state index is 12.2. The Morgan fingerprint density at radius 1 is 1.30 bits per heavy atom. The van der Waals surface area contributed by atoms with Gasteiger partial charge >= 0.3 is 11.9 Å². The minimum Gasteiger partial charge on any atom is -0.465 e. The number of hydrogen-bond acceptors (Lipinski definition) is 10. The highest BCUT2D eigenvalue weighted by atomic mass is 32.2. The third kappa shape index (κ3) is 4.86. The zero-order valence-electron chi connectivity index (χ0n) is 14.6. The minimum atomic E-state index is -0.691. The molecule has 0 atom stereocenters. The summed E-state index contributed by atoms with van der Waals surface area (Å²) in [5.41, 5.74) is 5.48. The van der Waals surface area contributed by atoms with E-state index in [9.17, 15) is 19.2 Å². The number of nitrogen functional groups attached to an aromatic ring is 1. The summed E-state index contributed by atoms with van der Waals surface area (Å²) in [7, 11) is 2.41. The number of methoxy groups -OCH3 is 2. The molecule has 10 nitrogen and oxygen atoms in total. The van der Waals surface area contributed by atoms with Crippen LogP contribution in [-0.2, 0) is 14.3 Å². The molecule has 12 heteroatoms. The minimum absolute atomic E-state index is 0.0336. The number of rotatable bonds is 6. The van der Waals surface area contributed by atoms with Crippen LogP contribution in [0.4, 0.5) is 10.8 Å². The maximum atomic E-state index is 12.2. The molecule has 0 unspecified atom stereocenters. The molecule has 1 amide bonds. The number of anilines is 2. The molecule has 0 aliphatic heterocycles. The van der Waals surface area contributed by atoms with Gasteiger partial charge in [0.25, 0.3) is 5.56 Å². The van der Waals surface area contributed by atoms with Crippen LogP contribution >= 0.6 is 23.1 Å². The highest BCUT2D eigenvalue weighted by Gasteiger charge is 2.26. The molecule has 0 aliphatic carbocycles. The van der Waals surface area contributed by atoms with E-state index in [-0.39, 0.29) is 32.2 Å². The van der Waals surface area contributed by atoms with Crippen molar-refractivity contribution >= 4 is 51.8 Å². The van der Waals surface area contributed by atoms with Crippen molar-refractivity contribution < 1.29 is 23.9 Å². The van der Waals surface area contributed by atoms with E-state index in [1.165, 1.54) is 14.2 Å². The quantitative estimate of drug-likeness (QED) is 0.358. The Balaban J connectivity index is 2.19. The highest BCUT2D eigenvalue weighted by Crippen LogP contribution is 2.34. The van der Waals surface area contributed by atoms with Gasteiger partial charge in [-0.05, 0) is 12.5 Å². The molecule has 2 rings (SSSR count). The first-order valence-electron chi connectivity index (χ1n) is 7.36. The Labute approximate surface area is 161 Å². The predicted octanol–water partition coefficient (Wildman–Crippen LogP) is 1.03. The number of carbonyl (C=O) groups is 3. The van der Waals surface area contributed by atoms with Crippen LogP contribution in [0.25, 0.3) is 0 Å². The number of H-pyrrole nitrogens is 1. The second kappa shape index (κ2) is 8.68. The summed E-state index contributed by atoms with van der Waals surface area (Å²) in [6.45, 7) is 1.56. The van der Waals surface area contributed by atoms with E-state index < -0.39 is 23.4 Å². The molecule has 2 aromatic rings. The Morgan fingerprint density at radius 2 is 1.96 bits per heavy atom. The fraction of sp³-hybridized carbons (Fsp3) is 0.267. The second-order valence-corrected chi connectivity index (χ2v) is 7.04. The lowest BCUT2D eigenvalue weighted by Gasteiger charge is -2.06. The predicted molar refractivity (Wildman–Crippen MR) is 100 cm³/mol. The third-order valence-corrected chi connectivity index (χ3v) is 5.30. The van der Waals surface area contributed by atoms with Gasteiger partial charge in [-0.1, -0.05) is 11.8 Å². The molecule has 27 heavy (non-hydrogen) atoms. The van der Waals surface area contributed by atoms with Gasteiger partial charge in [-0.2, -0.15) is 0 Å². The number of thiophene rings is 1. The molecule has 0 fully saturated rings. The largest absolute Gasteiger partial charge is 0.465 e. The topological polar surface area (TPSA) is 153 Å². The molecule has 0 bridgehead atoms. The van der Waals surface area contributed by atoms with E-state index in [2.05, 4.69) is 20.0 Å². The Morgan fingerprint density at radius 3 is 2.56 bits per heavy atom. The van der Waals surface area contributed by atoms with Crippen molar-refractivity contribution in [2.24, 2.45) is 0 Å². The first kappa shape index (κ1) is 20.5. The highest BCUT2D eigenvalue weighted by molar-refractivity contribution is 7.99. The van der Waals surface area contributed by atoms with Crippen LogP contribution in [0.2, 0.25) is 0 Å². The van der Waals surface area contributed by atoms with Gasteiger partial charge in [0.2, 0.25) is 5.91 Å². The summed E-state index contributed by atoms with van der Waals surface area (Å²) in [5, 5.41) is 2.91. The van der Waals surface area contributed by atoms with Gasteiger partial charge in [0.05, 0.1) is 25.5 Å². The molecule has 144 valence electrons. The summed E-state index contributed by atoms with van der Waals surface area (Å²) in [6, 6.07) is 1.12. The molecule has 2 heterocycles. The monoisotopic (exact) mass is 412 g/mol. The molecular formula is C15H16N4O6S2. The molecule has 0 spiro atoms. The van der Waals surface area contributed by atoms with Crippen LogP contribution < -0.4 is 16.6 Å². The van der Waals surface area contributed by atoms with Crippen LogP contribution in [0.1, 0.15) is 25.6 Å². The Hall–Kier alpha value is -2.86. The summed E-state index contributed by atoms with van der Waals surface area (Å²) >= 11 is 1.86. The van der Waals surface area contributed by atoms with Crippen molar-refractivity contribution in [3.63, 3.8) is 0 Å². The van der Waals surface area contributed by atoms with Gasteiger partial charge in [-0.3, -0.25) is 9.59 Å². The summed E-state index contributed by atoms with van der Waals surface area (Å²) in [5.74, 6) is -1.88. The lowest BCUT2D eigenvalue weighted by molar-refractivity contribution is -0.113. The molecule has 2 aromatic heterocycles. The summed E-state index contributed by atoms with van der Waals surface area (Å²) < 4.78 is 9.40. The standard InChI is InChI=1S/C15H16N4O6S2/c1-6-10(13(22)24-2)12(27-11(6)14(23)25-3)18-9(21)5-26-15-17-7(16)4-8(20)19-15/h4H,5H2,1-3H3,(H,18,21)(H3,16,17,19,20). The lowest BCUT2D eigenvalue weighted by atomic mass is 10.1. The van der Waals surface area contributed by atoms with E-state index in [0.29, 0.717) is 5.56 Å². The maximum Gasteiger partial charge on any atom is 0.348 e. The van der Waals surface area contributed by atoms with Crippen molar-refractivity contribution in [1.29, 1.82) is 0 Å². The van der Waals surface area contributed by atoms with Gasteiger partial charge in [0, 0.05) is 6.07 Å². The summed E-state index contributed by atoms with van der Waals surface area (Å²) in [4.78, 5) is 54.0. The first-order chi connectivity index (χ1) is 12.8. The van der Waals surface area contributed by atoms with Crippen molar-refractivity contribution in [1.82, 2.24) is 9.97 Å². The average molecular weight is 412 g/mol. The third-order valence-electron chi connectivity index (χ3n) is 3.24. The van der Waals surface area contributed by atoms with Gasteiger partial charge in [0.15, 0.2) is 5.16 Å². The van der Waals surface area contributed by atoms with Gasteiger partial charge in [0.1, 0.15) is 15.7 Å². The fourth-order valence-corrected chi connectivity index (χ4v) is 3.87. The smallest absolute Gasteiger partial charge is 0.348 e. The molecular weight excluding hydrogens is 396 g/mol. The molecule has 0 saturated carbocycles. The number of nitrogens with two attached hydrogens (primary N) is 1. The van der Waals surface area contributed by atoms with Gasteiger partial charge < -0.3 is 25.5 Å². The number of thioether (sulfide) groups is 1. The van der Waals surface area contributed by atoms with Gasteiger partial charge in [-0.25, -0.2) is 14.6 Å². The van der Waals surface area contributed by atoms with Crippen molar-refractivity contribution in [2.75, 3.05) is 31.0 Å². The van der Waals surface area contributed by atoms with E-state index in [4.69, 9.17) is 10.5 Å². The van der Waals surface area contributed by atoms with Crippen LogP contribution in [0.5, 0.6) is 0 Å². The number of nitrogens with one attached hydrogen (secondary N) is 2.